The maximum atomic E-state index is 12.4. The fraction of sp³-hybridized carbons (Fsp3) is 0.158. The lowest BCUT2D eigenvalue weighted by molar-refractivity contribution is 0.146. The van der Waals surface area contributed by atoms with Crippen LogP contribution in [0.2, 0.25) is 0 Å². The molecule has 130 valence electrons. The molecule has 3 rings (SSSR count). The topological polar surface area (TPSA) is 61.8 Å². The van der Waals surface area contributed by atoms with Gasteiger partial charge in [0.2, 0.25) is 0 Å². The SMILES string of the molecule is COCCOc1ccc(S(=O)(=O)Oc2ccc3ccccc3c2)cc1. The molecule has 0 unspecified atom stereocenters. The Morgan fingerprint density at radius 2 is 1.48 bits per heavy atom. The summed E-state index contributed by atoms with van der Waals surface area (Å²) in [6, 6.07) is 18.9. The van der Waals surface area contributed by atoms with Crippen LogP contribution in [0.1, 0.15) is 0 Å². The van der Waals surface area contributed by atoms with Crippen molar-refractivity contribution < 1.29 is 22.1 Å². The van der Waals surface area contributed by atoms with Gasteiger partial charge in [0.1, 0.15) is 23.0 Å². The van der Waals surface area contributed by atoms with Gasteiger partial charge in [-0.15, -0.1) is 0 Å². The number of hydrogen-bond donors (Lipinski definition) is 0. The molecular weight excluding hydrogens is 340 g/mol. The van der Waals surface area contributed by atoms with Crippen LogP contribution in [0.5, 0.6) is 11.5 Å². The van der Waals surface area contributed by atoms with E-state index in [-0.39, 0.29) is 10.6 Å². The highest BCUT2D eigenvalue weighted by molar-refractivity contribution is 7.87. The van der Waals surface area contributed by atoms with Gasteiger partial charge in [-0.1, -0.05) is 30.3 Å². The number of benzene rings is 3. The average Bonchev–Trinajstić information content (AvgIpc) is 2.62. The van der Waals surface area contributed by atoms with E-state index in [2.05, 4.69) is 0 Å². The van der Waals surface area contributed by atoms with E-state index in [0.29, 0.717) is 19.0 Å². The first-order valence-corrected chi connectivity index (χ1v) is 9.14. The molecule has 6 heteroatoms. The predicted octanol–water partition coefficient (Wildman–Crippen LogP) is 3.63. The molecule has 3 aromatic carbocycles. The zero-order valence-corrected chi connectivity index (χ0v) is 14.5. The number of methoxy groups -OCH3 is 1. The molecule has 0 N–H and O–H groups in total. The molecule has 0 atom stereocenters. The summed E-state index contributed by atoms with van der Waals surface area (Å²) < 4.78 is 40.4. The highest BCUT2D eigenvalue weighted by Crippen LogP contribution is 2.24. The van der Waals surface area contributed by atoms with Crippen molar-refractivity contribution in [1.82, 2.24) is 0 Å². The minimum atomic E-state index is -3.90. The normalized spacial score (nSPS) is 11.4. The van der Waals surface area contributed by atoms with Crippen LogP contribution in [0.4, 0.5) is 0 Å². The number of rotatable bonds is 7. The molecule has 0 heterocycles. The third kappa shape index (κ3) is 4.29. The second kappa shape index (κ2) is 7.55. The molecule has 0 aliphatic rings. The third-order valence-electron chi connectivity index (χ3n) is 3.60. The summed E-state index contributed by atoms with van der Waals surface area (Å²) in [5, 5.41) is 1.93. The molecule has 0 saturated carbocycles. The molecular formula is C19H18O5S. The minimum absolute atomic E-state index is 0.0692. The smallest absolute Gasteiger partial charge is 0.339 e. The Labute approximate surface area is 146 Å². The molecule has 0 aliphatic carbocycles. The highest BCUT2D eigenvalue weighted by Gasteiger charge is 2.17. The van der Waals surface area contributed by atoms with Crippen LogP contribution in [0.25, 0.3) is 10.8 Å². The van der Waals surface area contributed by atoms with Gasteiger partial charge in [-0.25, -0.2) is 0 Å². The van der Waals surface area contributed by atoms with Crippen LogP contribution in [0, 0.1) is 0 Å². The number of hydrogen-bond acceptors (Lipinski definition) is 5. The van der Waals surface area contributed by atoms with Crippen molar-refractivity contribution in [3.63, 3.8) is 0 Å². The number of fused-ring (bicyclic) bond motifs is 1. The zero-order chi connectivity index (χ0) is 17.7. The summed E-state index contributed by atoms with van der Waals surface area (Å²) in [7, 11) is -2.32. The molecule has 25 heavy (non-hydrogen) atoms. The maximum absolute atomic E-state index is 12.4. The van der Waals surface area contributed by atoms with E-state index >= 15 is 0 Å². The lowest BCUT2D eigenvalue weighted by Gasteiger charge is -2.09. The highest BCUT2D eigenvalue weighted by atomic mass is 32.2. The van der Waals surface area contributed by atoms with Gasteiger partial charge in [0.05, 0.1) is 6.61 Å². The van der Waals surface area contributed by atoms with Gasteiger partial charge in [-0.05, 0) is 47.2 Å². The summed E-state index contributed by atoms with van der Waals surface area (Å²) in [4.78, 5) is 0.0692. The van der Waals surface area contributed by atoms with E-state index in [4.69, 9.17) is 13.7 Å². The van der Waals surface area contributed by atoms with Crippen molar-refractivity contribution in [3.8, 4) is 11.5 Å². The van der Waals surface area contributed by atoms with Gasteiger partial charge < -0.3 is 13.7 Å². The lowest BCUT2D eigenvalue weighted by atomic mass is 10.1. The summed E-state index contributed by atoms with van der Waals surface area (Å²) >= 11 is 0. The monoisotopic (exact) mass is 358 g/mol. The summed E-state index contributed by atoms with van der Waals surface area (Å²) in [6.07, 6.45) is 0. The molecule has 0 bridgehead atoms. The Morgan fingerprint density at radius 1 is 0.800 bits per heavy atom. The lowest BCUT2D eigenvalue weighted by Crippen LogP contribution is -2.10. The Balaban J connectivity index is 1.76. The van der Waals surface area contributed by atoms with Crippen LogP contribution in [0.3, 0.4) is 0 Å². The second-order valence-electron chi connectivity index (χ2n) is 5.36. The number of ether oxygens (including phenoxy) is 2. The average molecular weight is 358 g/mol. The Morgan fingerprint density at radius 3 is 2.20 bits per heavy atom. The van der Waals surface area contributed by atoms with Crippen molar-refractivity contribution in [2.45, 2.75) is 4.90 Å². The summed E-state index contributed by atoms with van der Waals surface area (Å²) in [6.45, 7) is 0.862. The fourth-order valence-corrected chi connectivity index (χ4v) is 3.26. The summed E-state index contributed by atoms with van der Waals surface area (Å²) in [5.41, 5.74) is 0. The first-order chi connectivity index (χ1) is 12.1. The van der Waals surface area contributed by atoms with E-state index in [1.165, 1.54) is 12.1 Å². The Kier molecular flexibility index (Phi) is 5.21. The third-order valence-corrected chi connectivity index (χ3v) is 4.86. The maximum Gasteiger partial charge on any atom is 0.339 e. The van der Waals surface area contributed by atoms with Gasteiger partial charge in [-0.3, -0.25) is 0 Å². The van der Waals surface area contributed by atoms with E-state index in [1.54, 1.807) is 31.4 Å². The van der Waals surface area contributed by atoms with Crippen LogP contribution in [-0.2, 0) is 14.9 Å². The molecule has 0 radical (unpaired) electrons. The largest absolute Gasteiger partial charge is 0.491 e. The first-order valence-electron chi connectivity index (χ1n) is 7.73. The molecule has 0 fully saturated rings. The van der Waals surface area contributed by atoms with Gasteiger partial charge in [0.25, 0.3) is 0 Å². The van der Waals surface area contributed by atoms with Crippen molar-refractivity contribution in [2.75, 3.05) is 20.3 Å². The van der Waals surface area contributed by atoms with Crippen molar-refractivity contribution >= 4 is 20.9 Å². The van der Waals surface area contributed by atoms with Crippen LogP contribution in [-0.4, -0.2) is 28.7 Å². The molecule has 0 amide bonds. The molecule has 0 spiro atoms. The quantitative estimate of drug-likeness (QED) is 0.477. The van der Waals surface area contributed by atoms with E-state index in [9.17, 15) is 8.42 Å². The fourth-order valence-electron chi connectivity index (χ4n) is 2.34. The predicted molar refractivity (Wildman–Crippen MR) is 95.6 cm³/mol. The van der Waals surface area contributed by atoms with Gasteiger partial charge in [0.15, 0.2) is 0 Å². The van der Waals surface area contributed by atoms with Gasteiger partial charge in [-0.2, -0.15) is 8.42 Å². The van der Waals surface area contributed by atoms with E-state index in [1.807, 2.05) is 30.3 Å². The second-order valence-corrected chi connectivity index (χ2v) is 6.91. The van der Waals surface area contributed by atoms with Gasteiger partial charge in [0, 0.05) is 7.11 Å². The van der Waals surface area contributed by atoms with Crippen molar-refractivity contribution in [2.24, 2.45) is 0 Å². The standard InChI is InChI=1S/C19H18O5S/c1-22-12-13-23-17-8-10-19(11-9-17)25(20,21)24-18-7-6-15-4-2-3-5-16(15)14-18/h2-11,14H,12-13H2,1H3. The Bertz CT molecular complexity index is 949. The van der Waals surface area contributed by atoms with E-state index < -0.39 is 10.1 Å². The van der Waals surface area contributed by atoms with Crippen molar-refractivity contribution in [3.05, 3.63) is 66.7 Å². The van der Waals surface area contributed by atoms with Crippen LogP contribution < -0.4 is 8.92 Å². The molecule has 5 nitrogen and oxygen atoms in total. The van der Waals surface area contributed by atoms with Crippen LogP contribution in [0.15, 0.2) is 71.6 Å². The molecule has 3 aromatic rings. The minimum Gasteiger partial charge on any atom is -0.491 e. The molecule has 0 aliphatic heterocycles. The molecule has 0 saturated heterocycles. The summed E-state index contributed by atoms with van der Waals surface area (Å²) in [5.74, 6) is 0.848. The zero-order valence-electron chi connectivity index (χ0n) is 13.7. The first kappa shape index (κ1) is 17.3. The molecule has 0 aromatic heterocycles. The van der Waals surface area contributed by atoms with Crippen molar-refractivity contribution in [1.29, 1.82) is 0 Å². The van der Waals surface area contributed by atoms with E-state index in [0.717, 1.165) is 10.8 Å². The van der Waals surface area contributed by atoms with Gasteiger partial charge >= 0.3 is 10.1 Å². The Hall–Kier alpha value is -2.57. The van der Waals surface area contributed by atoms with Crippen LogP contribution >= 0.6 is 0 Å².